The molecule has 2 aromatic rings. The van der Waals surface area contributed by atoms with Crippen LogP contribution in [0, 0.1) is 0 Å². The van der Waals surface area contributed by atoms with E-state index in [-0.39, 0.29) is 24.3 Å². The summed E-state index contributed by atoms with van der Waals surface area (Å²) in [4.78, 5) is 26.8. The Morgan fingerprint density at radius 1 is 1.00 bits per heavy atom. The molecule has 27 heavy (non-hydrogen) atoms. The van der Waals surface area contributed by atoms with Crippen LogP contribution in [0.25, 0.3) is 0 Å². The SMILES string of the molecule is CC(NC(=O)CC(=O)Nc1ccccc1N1CCOCC1)c1ccccc1. The van der Waals surface area contributed by atoms with Gasteiger partial charge in [0.2, 0.25) is 11.8 Å². The highest BCUT2D eigenvalue weighted by Crippen LogP contribution is 2.26. The molecule has 142 valence electrons. The van der Waals surface area contributed by atoms with Gasteiger partial charge in [0.05, 0.1) is 30.6 Å². The van der Waals surface area contributed by atoms with Crippen LogP contribution in [0.3, 0.4) is 0 Å². The van der Waals surface area contributed by atoms with Crippen molar-refractivity contribution in [2.24, 2.45) is 0 Å². The van der Waals surface area contributed by atoms with Crippen LogP contribution in [0.1, 0.15) is 24.9 Å². The van der Waals surface area contributed by atoms with Crippen molar-refractivity contribution in [3.8, 4) is 0 Å². The van der Waals surface area contributed by atoms with E-state index >= 15 is 0 Å². The molecule has 0 aliphatic carbocycles. The summed E-state index contributed by atoms with van der Waals surface area (Å²) in [5, 5.41) is 5.73. The fourth-order valence-corrected chi connectivity index (χ4v) is 3.12. The summed E-state index contributed by atoms with van der Waals surface area (Å²) in [6.07, 6.45) is -0.214. The second-order valence-electron chi connectivity index (χ2n) is 6.54. The highest BCUT2D eigenvalue weighted by Gasteiger charge is 2.17. The zero-order valence-electron chi connectivity index (χ0n) is 15.5. The average Bonchev–Trinajstić information content (AvgIpc) is 2.69. The molecule has 0 saturated carbocycles. The molecule has 0 spiro atoms. The van der Waals surface area contributed by atoms with Gasteiger partial charge in [0.1, 0.15) is 6.42 Å². The third-order valence-electron chi connectivity index (χ3n) is 4.53. The smallest absolute Gasteiger partial charge is 0.233 e. The minimum absolute atomic E-state index is 0.146. The zero-order valence-corrected chi connectivity index (χ0v) is 15.5. The van der Waals surface area contributed by atoms with E-state index < -0.39 is 0 Å². The van der Waals surface area contributed by atoms with Gasteiger partial charge in [-0.3, -0.25) is 9.59 Å². The molecule has 1 saturated heterocycles. The molecule has 2 aromatic carbocycles. The first-order valence-corrected chi connectivity index (χ1v) is 9.19. The number of carbonyl (C=O) groups is 2. The van der Waals surface area contributed by atoms with Crippen molar-refractivity contribution >= 4 is 23.2 Å². The number of carbonyl (C=O) groups excluding carboxylic acids is 2. The number of morpholine rings is 1. The van der Waals surface area contributed by atoms with Gasteiger partial charge in [-0.1, -0.05) is 42.5 Å². The lowest BCUT2D eigenvalue weighted by Crippen LogP contribution is -2.37. The predicted molar refractivity (Wildman–Crippen MR) is 106 cm³/mol. The van der Waals surface area contributed by atoms with Gasteiger partial charge >= 0.3 is 0 Å². The summed E-state index contributed by atoms with van der Waals surface area (Å²) in [5.41, 5.74) is 2.67. The average molecular weight is 367 g/mol. The Morgan fingerprint density at radius 2 is 1.67 bits per heavy atom. The van der Waals surface area contributed by atoms with Crippen molar-refractivity contribution in [2.75, 3.05) is 36.5 Å². The van der Waals surface area contributed by atoms with Crippen LogP contribution in [-0.2, 0) is 14.3 Å². The van der Waals surface area contributed by atoms with Gasteiger partial charge in [-0.05, 0) is 24.6 Å². The number of nitrogens with zero attached hydrogens (tertiary/aromatic N) is 1. The highest BCUT2D eigenvalue weighted by atomic mass is 16.5. The van der Waals surface area contributed by atoms with E-state index in [1.165, 1.54) is 0 Å². The predicted octanol–water partition coefficient (Wildman–Crippen LogP) is 2.73. The first-order valence-electron chi connectivity index (χ1n) is 9.19. The van der Waals surface area contributed by atoms with Gasteiger partial charge in [0.25, 0.3) is 0 Å². The molecule has 3 rings (SSSR count). The van der Waals surface area contributed by atoms with Gasteiger partial charge in [0.15, 0.2) is 0 Å². The van der Waals surface area contributed by atoms with Gasteiger partial charge in [-0.2, -0.15) is 0 Å². The molecule has 6 nitrogen and oxygen atoms in total. The quantitative estimate of drug-likeness (QED) is 0.770. The topological polar surface area (TPSA) is 70.7 Å². The second kappa shape index (κ2) is 9.19. The Morgan fingerprint density at radius 3 is 2.41 bits per heavy atom. The van der Waals surface area contributed by atoms with Crippen LogP contribution in [0.4, 0.5) is 11.4 Å². The molecule has 1 atom stereocenters. The van der Waals surface area contributed by atoms with Crippen LogP contribution < -0.4 is 15.5 Å². The number of ether oxygens (including phenoxy) is 1. The molecule has 1 aliphatic heterocycles. The van der Waals surface area contributed by atoms with Crippen LogP contribution >= 0.6 is 0 Å². The largest absolute Gasteiger partial charge is 0.378 e. The minimum Gasteiger partial charge on any atom is -0.378 e. The van der Waals surface area contributed by atoms with Crippen molar-refractivity contribution in [3.63, 3.8) is 0 Å². The summed E-state index contributed by atoms with van der Waals surface area (Å²) in [6.45, 7) is 4.80. The monoisotopic (exact) mass is 367 g/mol. The Bertz CT molecular complexity index is 773. The van der Waals surface area contributed by atoms with E-state index in [9.17, 15) is 9.59 Å². The zero-order chi connectivity index (χ0) is 19.1. The molecule has 1 aliphatic rings. The number of hydrogen-bond acceptors (Lipinski definition) is 4. The molecular formula is C21H25N3O3. The highest BCUT2D eigenvalue weighted by molar-refractivity contribution is 6.05. The van der Waals surface area contributed by atoms with Crippen molar-refractivity contribution in [1.29, 1.82) is 0 Å². The van der Waals surface area contributed by atoms with Gasteiger partial charge < -0.3 is 20.3 Å². The van der Waals surface area contributed by atoms with Crippen molar-refractivity contribution in [3.05, 3.63) is 60.2 Å². The standard InChI is InChI=1S/C21H25N3O3/c1-16(17-7-3-2-4-8-17)22-20(25)15-21(26)23-18-9-5-6-10-19(18)24-11-13-27-14-12-24/h2-10,16H,11-15H2,1H3,(H,22,25)(H,23,26). The summed E-state index contributed by atoms with van der Waals surface area (Å²) in [5.74, 6) is -0.624. The third-order valence-corrected chi connectivity index (χ3v) is 4.53. The lowest BCUT2D eigenvalue weighted by Gasteiger charge is -2.30. The molecule has 0 radical (unpaired) electrons. The Hall–Kier alpha value is -2.86. The van der Waals surface area contributed by atoms with Crippen molar-refractivity contribution in [2.45, 2.75) is 19.4 Å². The van der Waals surface area contributed by atoms with E-state index in [2.05, 4.69) is 15.5 Å². The summed E-state index contributed by atoms with van der Waals surface area (Å²) < 4.78 is 5.39. The first-order chi connectivity index (χ1) is 13.1. The normalized spacial score (nSPS) is 15.1. The minimum atomic E-state index is -0.325. The fraction of sp³-hybridized carbons (Fsp3) is 0.333. The lowest BCUT2D eigenvalue weighted by atomic mass is 10.1. The molecule has 2 N–H and O–H groups in total. The van der Waals surface area contributed by atoms with Crippen LogP contribution in [0.5, 0.6) is 0 Å². The summed E-state index contributed by atoms with van der Waals surface area (Å²) >= 11 is 0. The van der Waals surface area contributed by atoms with Gasteiger partial charge in [-0.15, -0.1) is 0 Å². The fourth-order valence-electron chi connectivity index (χ4n) is 3.12. The second-order valence-corrected chi connectivity index (χ2v) is 6.54. The molecule has 1 fully saturated rings. The summed E-state index contributed by atoms with van der Waals surface area (Å²) in [6, 6.07) is 17.2. The summed E-state index contributed by atoms with van der Waals surface area (Å²) in [7, 11) is 0. The molecule has 1 heterocycles. The third kappa shape index (κ3) is 5.31. The van der Waals surface area contributed by atoms with E-state index in [1.54, 1.807) is 0 Å². The molecule has 6 heteroatoms. The molecule has 1 unspecified atom stereocenters. The number of amides is 2. The Labute approximate surface area is 159 Å². The van der Waals surface area contributed by atoms with Crippen LogP contribution in [-0.4, -0.2) is 38.1 Å². The van der Waals surface area contributed by atoms with Gasteiger partial charge in [-0.25, -0.2) is 0 Å². The van der Waals surface area contributed by atoms with Crippen LogP contribution in [0.2, 0.25) is 0 Å². The maximum absolute atomic E-state index is 12.4. The first kappa shape index (κ1) is 18.9. The maximum atomic E-state index is 12.4. The number of rotatable bonds is 6. The number of nitrogens with one attached hydrogen (secondary N) is 2. The van der Waals surface area contributed by atoms with E-state index in [0.717, 1.165) is 24.3 Å². The van der Waals surface area contributed by atoms with Crippen LogP contribution in [0.15, 0.2) is 54.6 Å². The number of hydrogen-bond donors (Lipinski definition) is 2. The number of para-hydroxylation sites is 2. The maximum Gasteiger partial charge on any atom is 0.233 e. The van der Waals surface area contributed by atoms with Crippen molar-refractivity contribution in [1.82, 2.24) is 5.32 Å². The van der Waals surface area contributed by atoms with Gasteiger partial charge in [0, 0.05) is 13.1 Å². The van der Waals surface area contributed by atoms with Crippen molar-refractivity contribution < 1.29 is 14.3 Å². The lowest BCUT2D eigenvalue weighted by molar-refractivity contribution is -0.127. The molecular weight excluding hydrogens is 342 g/mol. The molecule has 0 bridgehead atoms. The molecule has 2 amide bonds. The Kier molecular flexibility index (Phi) is 6.44. The van der Waals surface area contributed by atoms with E-state index in [4.69, 9.17) is 4.74 Å². The van der Waals surface area contributed by atoms with E-state index in [0.29, 0.717) is 18.9 Å². The number of benzene rings is 2. The molecule has 0 aromatic heterocycles. The van der Waals surface area contributed by atoms with E-state index in [1.807, 2.05) is 61.5 Å². The number of anilines is 2. The Balaban J connectivity index is 1.57.